The Labute approximate surface area is 166 Å². The molecule has 2 rings (SSSR count). The first-order valence-corrected chi connectivity index (χ1v) is 9.18. The van der Waals surface area contributed by atoms with E-state index < -0.39 is 17.9 Å². The number of ether oxygens (including phenoxy) is 3. The molecule has 1 aromatic carbocycles. The van der Waals surface area contributed by atoms with Crippen LogP contribution < -0.4 is 4.74 Å². The Morgan fingerprint density at radius 1 is 1.17 bits per heavy atom. The Morgan fingerprint density at radius 2 is 1.90 bits per heavy atom. The van der Waals surface area contributed by atoms with Crippen molar-refractivity contribution >= 4 is 5.97 Å². The standard InChI is InChI=1S/C20H23F3N2O4/c1-3-5-10-28-19(26)16-11-24-25(13-16)12-15-6-8-17(9-7-15)29-14-18(27-4-2)20(21,22)23/h6-9,11,13-14H,3-5,10,12H2,1-2H3/b18-14-. The molecule has 0 fully saturated rings. The normalized spacial score (nSPS) is 12.0. The van der Waals surface area contributed by atoms with Crippen LogP contribution in [-0.4, -0.2) is 35.1 Å². The third-order valence-corrected chi connectivity index (χ3v) is 3.75. The van der Waals surface area contributed by atoms with E-state index in [4.69, 9.17) is 9.47 Å². The van der Waals surface area contributed by atoms with Crippen LogP contribution in [-0.2, 0) is 16.0 Å². The lowest BCUT2D eigenvalue weighted by Gasteiger charge is -2.12. The predicted molar refractivity (Wildman–Crippen MR) is 99.4 cm³/mol. The Hall–Kier alpha value is -2.97. The van der Waals surface area contributed by atoms with Gasteiger partial charge in [0, 0.05) is 6.20 Å². The first-order valence-electron chi connectivity index (χ1n) is 9.18. The van der Waals surface area contributed by atoms with Gasteiger partial charge >= 0.3 is 12.1 Å². The summed E-state index contributed by atoms with van der Waals surface area (Å²) in [6, 6.07) is 6.46. The third kappa shape index (κ3) is 7.17. The third-order valence-electron chi connectivity index (χ3n) is 3.75. The molecular formula is C20H23F3N2O4. The van der Waals surface area contributed by atoms with Crippen molar-refractivity contribution in [2.75, 3.05) is 13.2 Å². The van der Waals surface area contributed by atoms with Gasteiger partial charge in [-0.2, -0.15) is 18.3 Å². The summed E-state index contributed by atoms with van der Waals surface area (Å²) in [7, 11) is 0. The number of unbranched alkanes of at least 4 members (excludes halogenated alkanes) is 1. The number of allylic oxidation sites excluding steroid dienone is 1. The molecule has 2 aromatic rings. The molecular weight excluding hydrogens is 389 g/mol. The van der Waals surface area contributed by atoms with Crippen molar-refractivity contribution in [2.24, 2.45) is 0 Å². The van der Waals surface area contributed by atoms with Crippen LogP contribution in [0.5, 0.6) is 5.75 Å². The molecule has 0 radical (unpaired) electrons. The van der Waals surface area contributed by atoms with Crippen molar-refractivity contribution in [3.63, 3.8) is 0 Å². The van der Waals surface area contributed by atoms with E-state index in [9.17, 15) is 18.0 Å². The van der Waals surface area contributed by atoms with Gasteiger partial charge in [0.15, 0.2) is 0 Å². The highest BCUT2D eigenvalue weighted by Gasteiger charge is 2.36. The summed E-state index contributed by atoms with van der Waals surface area (Å²) in [6.45, 7) is 4.10. The minimum Gasteiger partial charge on any atom is -0.487 e. The van der Waals surface area contributed by atoms with E-state index >= 15 is 0 Å². The number of esters is 1. The summed E-state index contributed by atoms with van der Waals surface area (Å²) in [6.07, 6.45) is 0.680. The number of rotatable bonds is 10. The maximum atomic E-state index is 12.7. The number of carbonyl (C=O) groups is 1. The van der Waals surface area contributed by atoms with Crippen LogP contribution in [0.15, 0.2) is 48.7 Å². The smallest absolute Gasteiger partial charge is 0.452 e. The Balaban J connectivity index is 1.95. The van der Waals surface area contributed by atoms with E-state index in [2.05, 4.69) is 9.84 Å². The highest BCUT2D eigenvalue weighted by molar-refractivity contribution is 5.88. The van der Waals surface area contributed by atoms with Crippen molar-refractivity contribution in [1.82, 2.24) is 9.78 Å². The van der Waals surface area contributed by atoms with Crippen molar-refractivity contribution < 1.29 is 32.2 Å². The minimum absolute atomic E-state index is 0.119. The van der Waals surface area contributed by atoms with Crippen molar-refractivity contribution in [2.45, 2.75) is 39.4 Å². The number of halogens is 3. The molecule has 6 nitrogen and oxygen atoms in total. The maximum Gasteiger partial charge on any atom is 0.452 e. The molecule has 0 amide bonds. The van der Waals surface area contributed by atoms with Crippen LogP contribution in [0, 0.1) is 0 Å². The minimum atomic E-state index is -4.62. The monoisotopic (exact) mass is 412 g/mol. The van der Waals surface area contributed by atoms with E-state index in [1.807, 2.05) is 6.92 Å². The first kappa shape index (κ1) is 22.3. The number of aromatic nitrogens is 2. The number of benzene rings is 1. The molecule has 0 aliphatic rings. The number of hydrogen-bond acceptors (Lipinski definition) is 5. The van der Waals surface area contributed by atoms with E-state index in [1.54, 1.807) is 23.0 Å². The summed E-state index contributed by atoms with van der Waals surface area (Å²) < 4.78 is 54.5. The zero-order valence-corrected chi connectivity index (χ0v) is 16.2. The molecule has 0 saturated heterocycles. The summed E-state index contributed by atoms with van der Waals surface area (Å²) in [5.41, 5.74) is 1.19. The number of nitrogens with zero attached hydrogens (tertiary/aromatic N) is 2. The van der Waals surface area contributed by atoms with Crippen LogP contribution in [0.25, 0.3) is 0 Å². The lowest BCUT2D eigenvalue weighted by molar-refractivity contribution is -0.132. The van der Waals surface area contributed by atoms with Crippen LogP contribution in [0.3, 0.4) is 0 Å². The van der Waals surface area contributed by atoms with Crippen molar-refractivity contribution in [3.05, 3.63) is 59.8 Å². The average Bonchev–Trinajstić information content (AvgIpc) is 3.14. The molecule has 0 saturated carbocycles. The first-order chi connectivity index (χ1) is 13.8. The number of carbonyl (C=O) groups excluding carboxylic acids is 1. The summed E-state index contributed by atoms with van der Waals surface area (Å²) in [5.74, 6) is -1.38. The van der Waals surface area contributed by atoms with E-state index in [1.165, 1.54) is 25.3 Å². The molecule has 0 aliphatic carbocycles. The second kappa shape index (κ2) is 10.5. The quantitative estimate of drug-likeness (QED) is 0.321. The second-order valence-electron chi connectivity index (χ2n) is 6.09. The fraction of sp³-hybridized carbons (Fsp3) is 0.400. The number of hydrogen-bond donors (Lipinski definition) is 0. The number of alkyl halides is 3. The fourth-order valence-corrected chi connectivity index (χ4v) is 2.27. The molecule has 9 heteroatoms. The largest absolute Gasteiger partial charge is 0.487 e. The van der Waals surface area contributed by atoms with Gasteiger partial charge < -0.3 is 14.2 Å². The maximum absolute atomic E-state index is 12.7. The molecule has 0 unspecified atom stereocenters. The van der Waals surface area contributed by atoms with Gasteiger partial charge in [-0.15, -0.1) is 0 Å². The molecule has 158 valence electrons. The lowest BCUT2D eigenvalue weighted by Crippen LogP contribution is -2.15. The van der Waals surface area contributed by atoms with E-state index in [-0.39, 0.29) is 12.4 Å². The SMILES string of the molecule is CCCCOC(=O)c1cnn(Cc2ccc(O/C=C(\OCC)C(F)(F)F)cc2)c1. The van der Waals surface area contributed by atoms with Crippen molar-refractivity contribution in [3.8, 4) is 5.75 Å². The molecule has 1 aromatic heterocycles. The Morgan fingerprint density at radius 3 is 2.52 bits per heavy atom. The zero-order valence-electron chi connectivity index (χ0n) is 16.2. The molecule has 1 heterocycles. The highest BCUT2D eigenvalue weighted by Crippen LogP contribution is 2.27. The van der Waals surface area contributed by atoms with Crippen molar-refractivity contribution in [1.29, 1.82) is 0 Å². The summed E-state index contributed by atoms with van der Waals surface area (Å²) in [5, 5.41) is 4.12. The molecule has 0 spiro atoms. The zero-order chi connectivity index (χ0) is 21.3. The highest BCUT2D eigenvalue weighted by atomic mass is 19.4. The molecule has 0 N–H and O–H groups in total. The summed E-state index contributed by atoms with van der Waals surface area (Å²) >= 11 is 0. The lowest BCUT2D eigenvalue weighted by atomic mass is 10.2. The predicted octanol–water partition coefficient (Wildman–Crippen LogP) is 4.71. The molecule has 0 bridgehead atoms. The topological polar surface area (TPSA) is 62.6 Å². The van der Waals surface area contributed by atoms with Crippen LogP contribution >= 0.6 is 0 Å². The van der Waals surface area contributed by atoms with Gasteiger partial charge in [0.25, 0.3) is 0 Å². The van der Waals surface area contributed by atoms with Gasteiger partial charge in [0.2, 0.25) is 5.76 Å². The Bertz CT molecular complexity index is 814. The van der Waals surface area contributed by atoms with Gasteiger partial charge in [-0.1, -0.05) is 25.5 Å². The van der Waals surface area contributed by atoms with E-state index in [0.717, 1.165) is 18.4 Å². The van der Waals surface area contributed by atoms with Gasteiger partial charge in [-0.25, -0.2) is 4.79 Å². The van der Waals surface area contributed by atoms with E-state index in [0.29, 0.717) is 25.0 Å². The van der Waals surface area contributed by atoms with Gasteiger partial charge in [0.1, 0.15) is 12.0 Å². The Kier molecular flexibility index (Phi) is 8.11. The average molecular weight is 412 g/mol. The van der Waals surface area contributed by atoms with Crippen LogP contribution in [0.2, 0.25) is 0 Å². The van der Waals surface area contributed by atoms with Gasteiger partial charge in [-0.3, -0.25) is 4.68 Å². The summed E-state index contributed by atoms with van der Waals surface area (Å²) in [4.78, 5) is 11.9. The second-order valence-corrected chi connectivity index (χ2v) is 6.09. The molecule has 0 aliphatic heterocycles. The molecule has 29 heavy (non-hydrogen) atoms. The van der Waals surface area contributed by atoms with Gasteiger partial charge in [0.05, 0.1) is 31.5 Å². The fourth-order valence-electron chi connectivity index (χ4n) is 2.27. The molecule has 0 atom stereocenters. The van der Waals surface area contributed by atoms with Gasteiger partial charge in [-0.05, 0) is 31.0 Å². The van der Waals surface area contributed by atoms with Crippen LogP contribution in [0.4, 0.5) is 13.2 Å². The van der Waals surface area contributed by atoms with Crippen LogP contribution in [0.1, 0.15) is 42.6 Å².